The van der Waals surface area contributed by atoms with Crippen LogP contribution in [0.15, 0.2) is 66.7 Å². The van der Waals surface area contributed by atoms with Gasteiger partial charge in [-0.15, -0.1) is 0 Å². The van der Waals surface area contributed by atoms with Crippen molar-refractivity contribution in [2.45, 2.75) is 19.0 Å². The van der Waals surface area contributed by atoms with Crippen LogP contribution in [0.4, 0.5) is 4.79 Å². The van der Waals surface area contributed by atoms with Gasteiger partial charge in [-0.1, -0.05) is 66.2 Å². The Morgan fingerprint density at radius 3 is 2.42 bits per heavy atom. The minimum Gasteiger partial charge on any atom is -0.319 e. The van der Waals surface area contributed by atoms with Gasteiger partial charge in [0.05, 0.1) is 6.54 Å². The summed E-state index contributed by atoms with van der Waals surface area (Å²) in [5.74, 6) is -0.280. The Bertz CT molecular complexity index is 1030. The molecule has 1 heterocycles. The topological polar surface area (TPSA) is 49.4 Å². The van der Waals surface area contributed by atoms with Gasteiger partial charge in [-0.3, -0.25) is 9.69 Å². The minimum atomic E-state index is -1.09. The second kappa shape index (κ2) is 6.15. The Kier molecular flexibility index (Phi) is 3.93. The number of rotatable bonds is 3. The standard InChI is InChI=1S/C21H17ClN2O2/c1-21(17-11-10-14-6-2-3-7-15(14)12-17)19(25)24(20(26)23-21)13-16-8-4-5-9-18(16)22/h2-12H,13H2,1H3,(H,23,26). The second-order valence-electron chi connectivity index (χ2n) is 6.60. The van der Waals surface area contributed by atoms with Crippen molar-refractivity contribution in [3.05, 3.63) is 82.9 Å². The summed E-state index contributed by atoms with van der Waals surface area (Å²) in [5.41, 5.74) is 0.402. The summed E-state index contributed by atoms with van der Waals surface area (Å²) in [6, 6.07) is 20.5. The molecule has 0 aliphatic carbocycles. The highest BCUT2D eigenvalue weighted by Crippen LogP contribution is 2.32. The summed E-state index contributed by atoms with van der Waals surface area (Å²) in [5, 5.41) is 5.49. The van der Waals surface area contributed by atoms with Crippen LogP contribution in [0.5, 0.6) is 0 Å². The molecule has 0 aromatic heterocycles. The smallest absolute Gasteiger partial charge is 0.319 e. The number of hydrogen-bond donors (Lipinski definition) is 1. The third-order valence-corrected chi connectivity index (χ3v) is 5.26. The molecule has 1 atom stereocenters. The molecule has 3 aromatic rings. The molecular weight excluding hydrogens is 348 g/mol. The van der Waals surface area contributed by atoms with Crippen LogP contribution >= 0.6 is 11.6 Å². The SMILES string of the molecule is CC1(c2ccc3ccccc3c2)NC(=O)N(Cc2ccccc2Cl)C1=O. The minimum absolute atomic E-state index is 0.146. The molecule has 26 heavy (non-hydrogen) atoms. The lowest BCUT2D eigenvalue weighted by Gasteiger charge is -2.23. The van der Waals surface area contributed by atoms with E-state index in [4.69, 9.17) is 11.6 Å². The summed E-state index contributed by atoms with van der Waals surface area (Å²) in [6.07, 6.45) is 0. The molecule has 4 nitrogen and oxygen atoms in total. The van der Waals surface area contributed by atoms with E-state index in [1.165, 1.54) is 4.90 Å². The van der Waals surface area contributed by atoms with E-state index in [1.807, 2.05) is 60.7 Å². The maximum Gasteiger partial charge on any atom is 0.325 e. The number of urea groups is 1. The second-order valence-corrected chi connectivity index (χ2v) is 7.01. The Morgan fingerprint density at radius 1 is 0.962 bits per heavy atom. The fraction of sp³-hybridized carbons (Fsp3) is 0.143. The molecule has 1 saturated heterocycles. The molecule has 130 valence electrons. The van der Waals surface area contributed by atoms with Crippen molar-refractivity contribution < 1.29 is 9.59 Å². The molecule has 0 bridgehead atoms. The zero-order chi connectivity index (χ0) is 18.3. The first-order valence-electron chi connectivity index (χ1n) is 8.36. The van der Waals surface area contributed by atoms with Crippen LogP contribution in [0.25, 0.3) is 10.8 Å². The average molecular weight is 365 g/mol. The van der Waals surface area contributed by atoms with Gasteiger partial charge in [0.2, 0.25) is 0 Å². The van der Waals surface area contributed by atoms with Gasteiger partial charge in [-0.2, -0.15) is 0 Å². The molecule has 5 heteroatoms. The highest BCUT2D eigenvalue weighted by atomic mass is 35.5. The summed E-state index contributed by atoms with van der Waals surface area (Å²) in [7, 11) is 0. The third kappa shape index (κ3) is 2.63. The van der Waals surface area contributed by atoms with E-state index < -0.39 is 11.6 Å². The lowest BCUT2D eigenvalue weighted by molar-refractivity contribution is -0.131. The monoisotopic (exact) mass is 364 g/mol. The number of amides is 3. The van der Waals surface area contributed by atoms with Crippen molar-refractivity contribution in [2.24, 2.45) is 0 Å². The average Bonchev–Trinajstić information content (AvgIpc) is 2.87. The largest absolute Gasteiger partial charge is 0.325 e. The number of halogens is 1. The van der Waals surface area contributed by atoms with E-state index in [2.05, 4.69) is 5.32 Å². The predicted molar refractivity (Wildman–Crippen MR) is 102 cm³/mol. The highest BCUT2D eigenvalue weighted by Gasteiger charge is 2.49. The summed E-state index contributed by atoms with van der Waals surface area (Å²) >= 11 is 6.18. The van der Waals surface area contributed by atoms with Crippen LogP contribution in [0, 0.1) is 0 Å². The van der Waals surface area contributed by atoms with Crippen LogP contribution in [-0.2, 0) is 16.9 Å². The van der Waals surface area contributed by atoms with E-state index >= 15 is 0 Å². The van der Waals surface area contributed by atoms with Crippen LogP contribution in [0.3, 0.4) is 0 Å². The normalized spacial score (nSPS) is 19.8. The zero-order valence-electron chi connectivity index (χ0n) is 14.2. The maximum absolute atomic E-state index is 13.1. The number of carbonyl (C=O) groups excluding carboxylic acids is 2. The van der Waals surface area contributed by atoms with Gasteiger partial charge in [0, 0.05) is 5.02 Å². The number of carbonyl (C=O) groups is 2. The fourth-order valence-corrected chi connectivity index (χ4v) is 3.53. The first-order chi connectivity index (χ1) is 12.5. The Balaban J connectivity index is 1.69. The van der Waals surface area contributed by atoms with Gasteiger partial charge in [0.1, 0.15) is 5.54 Å². The van der Waals surface area contributed by atoms with Gasteiger partial charge in [0.15, 0.2) is 0 Å². The highest BCUT2D eigenvalue weighted by molar-refractivity contribution is 6.31. The molecule has 3 aromatic carbocycles. The molecule has 1 aliphatic heterocycles. The lowest BCUT2D eigenvalue weighted by atomic mass is 9.90. The summed E-state index contributed by atoms with van der Waals surface area (Å²) in [6.45, 7) is 1.89. The first-order valence-corrected chi connectivity index (χ1v) is 8.73. The molecule has 1 aliphatic rings. The van der Waals surface area contributed by atoms with Gasteiger partial charge in [0.25, 0.3) is 5.91 Å². The summed E-state index contributed by atoms with van der Waals surface area (Å²) < 4.78 is 0. The molecule has 0 saturated carbocycles. The number of imide groups is 1. The van der Waals surface area contributed by atoms with Crippen molar-refractivity contribution in [1.82, 2.24) is 10.2 Å². The van der Waals surface area contributed by atoms with E-state index in [-0.39, 0.29) is 12.5 Å². The molecule has 4 rings (SSSR count). The molecule has 1 unspecified atom stereocenters. The van der Waals surface area contributed by atoms with E-state index in [9.17, 15) is 9.59 Å². The number of fused-ring (bicyclic) bond motifs is 1. The predicted octanol–water partition coefficient (Wildman–Crippen LogP) is 4.46. The van der Waals surface area contributed by atoms with Crippen molar-refractivity contribution >= 4 is 34.3 Å². The van der Waals surface area contributed by atoms with Gasteiger partial charge in [-0.05, 0) is 41.0 Å². The lowest BCUT2D eigenvalue weighted by Crippen LogP contribution is -2.40. The number of nitrogens with zero attached hydrogens (tertiary/aromatic N) is 1. The van der Waals surface area contributed by atoms with Crippen LogP contribution in [-0.4, -0.2) is 16.8 Å². The van der Waals surface area contributed by atoms with Crippen LogP contribution < -0.4 is 5.32 Å². The van der Waals surface area contributed by atoms with Crippen molar-refractivity contribution in [2.75, 3.05) is 0 Å². The van der Waals surface area contributed by atoms with E-state index in [0.29, 0.717) is 5.02 Å². The Labute approximate surface area is 156 Å². The zero-order valence-corrected chi connectivity index (χ0v) is 15.0. The number of benzene rings is 3. The van der Waals surface area contributed by atoms with Gasteiger partial charge < -0.3 is 5.32 Å². The molecule has 1 fully saturated rings. The van der Waals surface area contributed by atoms with Crippen molar-refractivity contribution in [3.63, 3.8) is 0 Å². The van der Waals surface area contributed by atoms with Gasteiger partial charge in [-0.25, -0.2) is 4.79 Å². The van der Waals surface area contributed by atoms with E-state index in [1.54, 1.807) is 13.0 Å². The molecule has 3 amide bonds. The Hall–Kier alpha value is -2.85. The molecular formula is C21H17ClN2O2. The Morgan fingerprint density at radius 2 is 1.65 bits per heavy atom. The quantitative estimate of drug-likeness (QED) is 0.697. The summed E-state index contributed by atoms with van der Waals surface area (Å²) in [4.78, 5) is 26.8. The number of hydrogen-bond acceptors (Lipinski definition) is 2. The van der Waals surface area contributed by atoms with Crippen LogP contribution in [0.2, 0.25) is 5.02 Å². The van der Waals surface area contributed by atoms with E-state index in [0.717, 1.165) is 21.9 Å². The molecule has 0 spiro atoms. The fourth-order valence-electron chi connectivity index (χ4n) is 3.33. The van der Waals surface area contributed by atoms with Crippen LogP contribution in [0.1, 0.15) is 18.1 Å². The first kappa shape index (κ1) is 16.6. The van der Waals surface area contributed by atoms with Crippen molar-refractivity contribution in [3.8, 4) is 0 Å². The molecule has 0 radical (unpaired) electrons. The van der Waals surface area contributed by atoms with Gasteiger partial charge >= 0.3 is 6.03 Å². The third-order valence-electron chi connectivity index (χ3n) is 4.89. The number of nitrogens with one attached hydrogen (secondary N) is 1. The maximum atomic E-state index is 13.1. The molecule has 1 N–H and O–H groups in total. The van der Waals surface area contributed by atoms with Crippen molar-refractivity contribution in [1.29, 1.82) is 0 Å².